The molecular formula is C17H14ClFN4O. The molecule has 0 N–H and O–H groups in total. The molecule has 122 valence electrons. The predicted molar refractivity (Wildman–Crippen MR) is 88.6 cm³/mol. The third kappa shape index (κ3) is 3.28. The molecule has 1 amide bonds. The molecule has 24 heavy (non-hydrogen) atoms. The number of hydrogen-bond donors (Lipinski definition) is 0. The fourth-order valence-corrected chi connectivity index (χ4v) is 2.46. The number of para-hydroxylation sites is 1. The molecule has 0 aliphatic carbocycles. The van der Waals surface area contributed by atoms with Gasteiger partial charge in [0.2, 0.25) is 0 Å². The normalized spacial score (nSPS) is 10.6. The van der Waals surface area contributed by atoms with Crippen LogP contribution in [0, 0.1) is 5.82 Å². The van der Waals surface area contributed by atoms with Crippen LogP contribution in [-0.4, -0.2) is 32.8 Å². The maximum Gasteiger partial charge on any atom is 0.276 e. The van der Waals surface area contributed by atoms with Gasteiger partial charge in [-0.2, -0.15) is 9.90 Å². The zero-order chi connectivity index (χ0) is 17.1. The molecular weight excluding hydrogens is 331 g/mol. The van der Waals surface area contributed by atoms with Gasteiger partial charge in [0.15, 0.2) is 5.69 Å². The second-order valence-corrected chi connectivity index (χ2v) is 5.62. The van der Waals surface area contributed by atoms with Crippen LogP contribution in [0.25, 0.3) is 5.69 Å². The summed E-state index contributed by atoms with van der Waals surface area (Å²) in [5, 5.41) is 8.55. The molecule has 0 fully saturated rings. The lowest BCUT2D eigenvalue weighted by molar-refractivity contribution is 0.0777. The van der Waals surface area contributed by atoms with Gasteiger partial charge in [0, 0.05) is 17.6 Å². The molecule has 0 spiro atoms. The van der Waals surface area contributed by atoms with Gasteiger partial charge in [-0.25, -0.2) is 4.39 Å². The highest BCUT2D eigenvalue weighted by molar-refractivity contribution is 6.31. The summed E-state index contributed by atoms with van der Waals surface area (Å²) in [5.41, 5.74) is 1.19. The molecule has 1 heterocycles. The minimum absolute atomic E-state index is 0.0442. The minimum Gasteiger partial charge on any atom is -0.336 e. The Labute approximate surface area is 143 Å². The van der Waals surface area contributed by atoms with Gasteiger partial charge in [0.25, 0.3) is 5.91 Å². The van der Waals surface area contributed by atoms with Gasteiger partial charge in [-0.05, 0) is 24.3 Å². The first-order valence-corrected chi connectivity index (χ1v) is 7.60. The highest BCUT2D eigenvalue weighted by atomic mass is 35.5. The van der Waals surface area contributed by atoms with E-state index in [4.69, 9.17) is 11.6 Å². The SMILES string of the molecule is CN(Cc1c(F)cccc1Cl)C(=O)c1cnn(-c2ccccc2)n1. The van der Waals surface area contributed by atoms with Crippen molar-refractivity contribution in [3.05, 3.63) is 76.8 Å². The van der Waals surface area contributed by atoms with E-state index in [1.54, 1.807) is 13.1 Å². The Morgan fingerprint density at radius 1 is 1.21 bits per heavy atom. The van der Waals surface area contributed by atoms with Crippen LogP contribution < -0.4 is 0 Å². The largest absolute Gasteiger partial charge is 0.336 e. The first-order chi connectivity index (χ1) is 11.6. The Bertz CT molecular complexity index is 846. The molecule has 0 bridgehead atoms. The van der Waals surface area contributed by atoms with Crippen molar-refractivity contribution in [1.82, 2.24) is 19.9 Å². The molecule has 3 aromatic rings. The summed E-state index contributed by atoms with van der Waals surface area (Å²) < 4.78 is 13.8. The van der Waals surface area contributed by atoms with Crippen LogP contribution in [0.2, 0.25) is 5.02 Å². The minimum atomic E-state index is -0.449. The van der Waals surface area contributed by atoms with Gasteiger partial charge >= 0.3 is 0 Å². The summed E-state index contributed by atoms with van der Waals surface area (Å²) in [5.74, 6) is -0.813. The van der Waals surface area contributed by atoms with Crippen molar-refractivity contribution in [1.29, 1.82) is 0 Å². The number of amides is 1. The third-order valence-electron chi connectivity index (χ3n) is 3.50. The van der Waals surface area contributed by atoms with Gasteiger partial charge in [0.05, 0.1) is 18.4 Å². The Hall–Kier alpha value is -2.73. The Morgan fingerprint density at radius 2 is 1.96 bits per heavy atom. The molecule has 0 atom stereocenters. The van der Waals surface area contributed by atoms with E-state index in [-0.39, 0.29) is 28.7 Å². The number of carbonyl (C=O) groups excluding carboxylic acids is 1. The van der Waals surface area contributed by atoms with Crippen molar-refractivity contribution < 1.29 is 9.18 Å². The fourth-order valence-electron chi connectivity index (χ4n) is 2.23. The van der Waals surface area contributed by atoms with E-state index in [0.29, 0.717) is 0 Å². The lowest BCUT2D eigenvalue weighted by atomic mass is 10.2. The van der Waals surface area contributed by atoms with E-state index in [1.807, 2.05) is 30.3 Å². The molecule has 3 rings (SSSR count). The quantitative estimate of drug-likeness (QED) is 0.729. The molecule has 1 aromatic heterocycles. The Morgan fingerprint density at radius 3 is 2.67 bits per heavy atom. The highest BCUT2D eigenvalue weighted by Crippen LogP contribution is 2.20. The van der Waals surface area contributed by atoms with Crippen molar-refractivity contribution in [3.63, 3.8) is 0 Å². The average molecular weight is 345 g/mol. The lowest BCUT2D eigenvalue weighted by Gasteiger charge is -2.17. The molecule has 0 aliphatic heterocycles. The summed E-state index contributed by atoms with van der Waals surface area (Å²) in [7, 11) is 1.56. The predicted octanol–water partition coefficient (Wildman–Crippen LogP) is 3.33. The summed E-state index contributed by atoms with van der Waals surface area (Å²) in [6.45, 7) is 0.0442. The zero-order valence-electron chi connectivity index (χ0n) is 12.9. The van der Waals surface area contributed by atoms with Crippen LogP contribution in [0.1, 0.15) is 16.1 Å². The molecule has 0 saturated carbocycles. The van der Waals surface area contributed by atoms with Crippen molar-refractivity contribution in [2.75, 3.05) is 7.05 Å². The van der Waals surface area contributed by atoms with E-state index in [0.717, 1.165) is 5.69 Å². The highest BCUT2D eigenvalue weighted by Gasteiger charge is 2.19. The summed E-state index contributed by atoms with van der Waals surface area (Å²) >= 11 is 6.00. The number of hydrogen-bond acceptors (Lipinski definition) is 3. The summed E-state index contributed by atoms with van der Waals surface area (Å²) in [6, 6.07) is 13.7. The number of carbonyl (C=O) groups is 1. The smallest absolute Gasteiger partial charge is 0.276 e. The standard InChI is InChI=1S/C17H14ClFN4O/c1-22(11-13-14(18)8-5-9-15(13)19)17(24)16-10-20-23(21-16)12-6-3-2-4-7-12/h2-10H,11H2,1H3. The van der Waals surface area contributed by atoms with E-state index in [2.05, 4.69) is 10.2 Å². The van der Waals surface area contributed by atoms with Gasteiger partial charge < -0.3 is 4.90 Å². The number of benzene rings is 2. The molecule has 5 nitrogen and oxygen atoms in total. The fraction of sp³-hybridized carbons (Fsp3) is 0.118. The van der Waals surface area contributed by atoms with Crippen molar-refractivity contribution in [3.8, 4) is 5.69 Å². The number of halogens is 2. The molecule has 7 heteroatoms. The summed E-state index contributed by atoms with van der Waals surface area (Å²) in [4.78, 5) is 15.2. The van der Waals surface area contributed by atoms with E-state index < -0.39 is 5.82 Å². The van der Waals surface area contributed by atoms with Crippen LogP contribution in [0.15, 0.2) is 54.7 Å². The Balaban J connectivity index is 1.78. The van der Waals surface area contributed by atoms with Crippen molar-refractivity contribution >= 4 is 17.5 Å². The van der Waals surface area contributed by atoms with Gasteiger partial charge in [-0.3, -0.25) is 4.79 Å². The van der Waals surface area contributed by atoms with E-state index in [9.17, 15) is 9.18 Å². The second kappa shape index (κ2) is 6.80. The molecule has 0 radical (unpaired) electrons. The van der Waals surface area contributed by atoms with Crippen LogP contribution >= 0.6 is 11.6 Å². The van der Waals surface area contributed by atoms with Crippen molar-refractivity contribution in [2.24, 2.45) is 0 Å². The summed E-state index contributed by atoms with van der Waals surface area (Å²) in [6.07, 6.45) is 1.38. The second-order valence-electron chi connectivity index (χ2n) is 5.22. The number of aromatic nitrogens is 3. The van der Waals surface area contributed by atoms with E-state index >= 15 is 0 Å². The molecule has 0 saturated heterocycles. The van der Waals surface area contributed by atoms with Gasteiger partial charge in [-0.15, -0.1) is 5.10 Å². The van der Waals surface area contributed by atoms with Gasteiger partial charge in [0.1, 0.15) is 5.82 Å². The zero-order valence-corrected chi connectivity index (χ0v) is 13.6. The average Bonchev–Trinajstić information content (AvgIpc) is 3.08. The number of nitrogens with zero attached hydrogens (tertiary/aromatic N) is 4. The lowest BCUT2D eigenvalue weighted by Crippen LogP contribution is -2.27. The van der Waals surface area contributed by atoms with Crippen LogP contribution in [0.4, 0.5) is 4.39 Å². The Kier molecular flexibility index (Phi) is 4.57. The molecule has 2 aromatic carbocycles. The van der Waals surface area contributed by atoms with Crippen LogP contribution in [0.5, 0.6) is 0 Å². The maximum absolute atomic E-state index is 13.8. The molecule has 0 unspecified atom stereocenters. The third-order valence-corrected chi connectivity index (χ3v) is 3.86. The number of rotatable bonds is 4. The van der Waals surface area contributed by atoms with Crippen LogP contribution in [0.3, 0.4) is 0 Å². The van der Waals surface area contributed by atoms with Gasteiger partial charge in [-0.1, -0.05) is 35.9 Å². The monoisotopic (exact) mass is 344 g/mol. The topological polar surface area (TPSA) is 51.0 Å². The first-order valence-electron chi connectivity index (χ1n) is 7.22. The first kappa shape index (κ1) is 16.1. The maximum atomic E-state index is 13.8. The molecule has 0 aliphatic rings. The van der Waals surface area contributed by atoms with Crippen LogP contribution in [-0.2, 0) is 6.54 Å². The van der Waals surface area contributed by atoms with E-state index in [1.165, 1.54) is 28.0 Å². The van der Waals surface area contributed by atoms with Crippen molar-refractivity contribution in [2.45, 2.75) is 6.54 Å².